The Morgan fingerprint density at radius 1 is 1.14 bits per heavy atom. The first-order valence-corrected chi connectivity index (χ1v) is 10.4. The lowest BCUT2D eigenvalue weighted by molar-refractivity contribution is -0.152. The highest BCUT2D eigenvalue weighted by atomic mass is 32.2. The van der Waals surface area contributed by atoms with Crippen LogP contribution in [-0.4, -0.2) is 36.2 Å². The number of esters is 1. The molecule has 1 aliphatic rings. The summed E-state index contributed by atoms with van der Waals surface area (Å²) in [4.78, 5) is 39.6. The first kappa shape index (κ1) is 20.9. The molecule has 0 aromatic heterocycles. The highest BCUT2D eigenvalue weighted by Gasteiger charge is 2.26. The first-order chi connectivity index (χ1) is 13.9. The summed E-state index contributed by atoms with van der Waals surface area (Å²) in [6.45, 7) is 5.58. The maximum Gasteiger partial charge on any atom is 0.308 e. The molecule has 0 aliphatic carbocycles. The fraction of sp³-hybridized carbons (Fsp3) is 0.318. The van der Waals surface area contributed by atoms with Gasteiger partial charge in [-0.1, -0.05) is 30.3 Å². The van der Waals surface area contributed by atoms with Crippen molar-refractivity contribution in [3.8, 4) is 0 Å². The van der Waals surface area contributed by atoms with Crippen molar-refractivity contribution < 1.29 is 19.1 Å². The van der Waals surface area contributed by atoms with Gasteiger partial charge in [-0.15, -0.1) is 11.8 Å². The van der Waals surface area contributed by atoms with E-state index < -0.39 is 12.1 Å². The molecule has 0 bridgehead atoms. The van der Waals surface area contributed by atoms with Crippen molar-refractivity contribution in [1.82, 2.24) is 0 Å². The number of anilines is 2. The van der Waals surface area contributed by atoms with Crippen LogP contribution in [0.4, 0.5) is 11.4 Å². The van der Waals surface area contributed by atoms with E-state index in [1.807, 2.05) is 56.3 Å². The zero-order chi connectivity index (χ0) is 21.0. The Bertz CT molecular complexity index is 924. The Morgan fingerprint density at radius 3 is 2.55 bits per heavy atom. The van der Waals surface area contributed by atoms with Crippen molar-refractivity contribution in [3.05, 3.63) is 53.6 Å². The summed E-state index contributed by atoms with van der Waals surface area (Å²) >= 11 is 1.49. The van der Waals surface area contributed by atoms with Gasteiger partial charge < -0.3 is 15.0 Å². The van der Waals surface area contributed by atoms with Crippen LogP contribution in [0.25, 0.3) is 0 Å². The molecule has 2 aromatic rings. The number of thioether (sulfide) groups is 1. The van der Waals surface area contributed by atoms with Crippen LogP contribution < -0.4 is 10.2 Å². The summed E-state index contributed by atoms with van der Waals surface area (Å²) in [5.41, 5.74) is 3.42. The van der Waals surface area contributed by atoms with E-state index in [-0.39, 0.29) is 24.8 Å². The van der Waals surface area contributed by atoms with Crippen molar-refractivity contribution in [1.29, 1.82) is 0 Å². The number of aryl methyl sites for hydroxylation is 2. The number of nitrogens with zero attached hydrogens (tertiary/aromatic N) is 1. The Hall–Kier alpha value is -2.80. The van der Waals surface area contributed by atoms with Gasteiger partial charge >= 0.3 is 5.97 Å². The van der Waals surface area contributed by atoms with E-state index in [2.05, 4.69) is 5.32 Å². The van der Waals surface area contributed by atoms with Crippen LogP contribution in [0.3, 0.4) is 0 Å². The van der Waals surface area contributed by atoms with Gasteiger partial charge in [-0.3, -0.25) is 14.4 Å². The van der Waals surface area contributed by atoms with Gasteiger partial charge in [0.15, 0.2) is 6.10 Å². The third-order valence-corrected chi connectivity index (χ3v) is 5.80. The van der Waals surface area contributed by atoms with Gasteiger partial charge in [0.2, 0.25) is 5.91 Å². The number of ether oxygens (including phenoxy) is 1. The van der Waals surface area contributed by atoms with E-state index in [0.29, 0.717) is 5.75 Å². The second kappa shape index (κ2) is 9.13. The summed E-state index contributed by atoms with van der Waals surface area (Å²) in [6.07, 6.45) is -0.910. The molecular weight excluding hydrogens is 388 g/mol. The van der Waals surface area contributed by atoms with E-state index in [4.69, 9.17) is 4.74 Å². The average molecular weight is 413 g/mol. The minimum Gasteiger partial charge on any atom is -0.452 e. The third kappa shape index (κ3) is 4.98. The zero-order valence-corrected chi connectivity index (χ0v) is 17.5. The summed E-state index contributed by atoms with van der Waals surface area (Å²) < 4.78 is 5.28. The fourth-order valence-corrected chi connectivity index (χ4v) is 4.08. The summed E-state index contributed by atoms with van der Waals surface area (Å²) in [6, 6.07) is 13.3. The predicted octanol–water partition coefficient (Wildman–Crippen LogP) is 3.70. The van der Waals surface area contributed by atoms with Crippen LogP contribution in [0, 0.1) is 13.8 Å². The Balaban J connectivity index is 1.55. The number of fused-ring (bicyclic) bond motifs is 1. The van der Waals surface area contributed by atoms with Crippen LogP contribution in [0.5, 0.6) is 0 Å². The predicted molar refractivity (Wildman–Crippen MR) is 114 cm³/mol. The van der Waals surface area contributed by atoms with Gasteiger partial charge in [-0.25, -0.2) is 0 Å². The summed E-state index contributed by atoms with van der Waals surface area (Å²) in [7, 11) is 0. The molecule has 1 atom stereocenters. The molecular formula is C22H24N2O4S. The summed E-state index contributed by atoms with van der Waals surface area (Å²) in [5, 5.41) is 2.83. The van der Waals surface area contributed by atoms with E-state index in [9.17, 15) is 14.4 Å². The smallest absolute Gasteiger partial charge is 0.308 e. The van der Waals surface area contributed by atoms with Gasteiger partial charge in [0.1, 0.15) is 0 Å². The van der Waals surface area contributed by atoms with E-state index in [1.54, 1.807) is 11.8 Å². The Morgan fingerprint density at radius 2 is 1.83 bits per heavy atom. The molecule has 1 N–H and O–H groups in total. The second-order valence-corrected chi connectivity index (χ2v) is 7.96. The maximum absolute atomic E-state index is 12.4. The molecule has 0 unspecified atom stereocenters. The number of hydrogen-bond acceptors (Lipinski definition) is 5. The molecule has 0 fully saturated rings. The number of carbonyl (C=O) groups excluding carboxylic acids is 3. The quantitative estimate of drug-likeness (QED) is 0.732. The minimum absolute atomic E-state index is 0.0196. The molecule has 1 heterocycles. The van der Waals surface area contributed by atoms with Crippen LogP contribution >= 0.6 is 11.8 Å². The van der Waals surface area contributed by atoms with Crippen LogP contribution in [0.2, 0.25) is 0 Å². The molecule has 0 spiro atoms. The summed E-state index contributed by atoms with van der Waals surface area (Å²) in [5.74, 6) is -0.591. The molecule has 2 amide bonds. The number of benzene rings is 2. The van der Waals surface area contributed by atoms with Crippen LogP contribution in [-0.2, 0) is 19.1 Å². The fourth-order valence-electron chi connectivity index (χ4n) is 3.15. The van der Waals surface area contributed by atoms with E-state index in [0.717, 1.165) is 27.4 Å². The SMILES string of the molecule is Cc1cccc(C)c1NC(=O)[C@@H](C)OC(=O)CCN1C(=O)CSc2ccccc21. The molecule has 3 rings (SSSR count). The molecule has 1 aliphatic heterocycles. The molecule has 7 heteroatoms. The zero-order valence-electron chi connectivity index (χ0n) is 16.7. The number of carbonyl (C=O) groups is 3. The minimum atomic E-state index is -0.929. The van der Waals surface area contributed by atoms with Gasteiger partial charge in [0.25, 0.3) is 5.91 Å². The Kier molecular flexibility index (Phi) is 6.59. The van der Waals surface area contributed by atoms with Gasteiger partial charge in [-0.2, -0.15) is 0 Å². The highest BCUT2D eigenvalue weighted by molar-refractivity contribution is 8.00. The van der Waals surface area contributed by atoms with Gasteiger partial charge in [0.05, 0.1) is 17.9 Å². The van der Waals surface area contributed by atoms with E-state index in [1.165, 1.54) is 11.8 Å². The topological polar surface area (TPSA) is 75.7 Å². The number of rotatable bonds is 6. The third-order valence-electron chi connectivity index (χ3n) is 4.75. The van der Waals surface area contributed by atoms with Crippen LogP contribution in [0.15, 0.2) is 47.4 Å². The number of para-hydroxylation sites is 2. The molecule has 0 radical (unpaired) electrons. The van der Waals surface area contributed by atoms with Crippen molar-refractivity contribution in [2.75, 3.05) is 22.5 Å². The molecule has 2 aromatic carbocycles. The van der Waals surface area contributed by atoms with Crippen molar-refractivity contribution in [2.24, 2.45) is 0 Å². The van der Waals surface area contributed by atoms with Crippen LogP contribution in [0.1, 0.15) is 24.5 Å². The molecule has 6 nitrogen and oxygen atoms in total. The molecule has 152 valence electrons. The van der Waals surface area contributed by atoms with Crippen molar-refractivity contribution in [2.45, 2.75) is 38.2 Å². The first-order valence-electron chi connectivity index (χ1n) is 9.45. The molecule has 29 heavy (non-hydrogen) atoms. The van der Waals surface area contributed by atoms with Gasteiger partial charge in [-0.05, 0) is 44.0 Å². The maximum atomic E-state index is 12.4. The lowest BCUT2D eigenvalue weighted by Gasteiger charge is -2.28. The molecule has 0 saturated carbocycles. The lowest BCUT2D eigenvalue weighted by Crippen LogP contribution is -2.38. The van der Waals surface area contributed by atoms with Gasteiger partial charge in [0, 0.05) is 17.1 Å². The number of amides is 2. The van der Waals surface area contributed by atoms with E-state index >= 15 is 0 Å². The average Bonchev–Trinajstić information content (AvgIpc) is 2.70. The molecule has 0 saturated heterocycles. The lowest BCUT2D eigenvalue weighted by atomic mass is 10.1. The normalized spacial score (nSPS) is 14.2. The second-order valence-electron chi connectivity index (χ2n) is 6.94. The monoisotopic (exact) mass is 412 g/mol. The Labute approximate surface area is 174 Å². The number of nitrogens with one attached hydrogen (secondary N) is 1. The highest BCUT2D eigenvalue weighted by Crippen LogP contribution is 2.34. The number of hydrogen-bond donors (Lipinski definition) is 1. The standard InChI is InChI=1S/C22H24N2O4S/c1-14-7-6-8-15(2)21(14)23-22(27)16(3)28-20(26)11-12-24-17-9-4-5-10-18(17)29-13-19(24)25/h4-10,16H,11-13H2,1-3H3,(H,23,27)/t16-/m1/s1. The van der Waals surface area contributed by atoms with Crippen molar-refractivity contribution >= 4 is 40.9 Å². The van der Waals surface area contributed by atoms with Crippen molar-refractivity contribution in [3.63, 3.8) is 0 Å². The largest absolute Gasteiger partial charge is 0.452 e.